The van der Waals surface area contributed by atoms with Crippen molar-refractivity contribution in [2.45, 2.75) is 19.5 Å². The first-order valence-electron chi connectivity index (χ1n) is 5.07. The van der Waals surface area contributed by atoms with Crippen LogP contribution in [-0.2, 0) is 6.54 Å². The lowest BCUT2D eigenvalue weighted by atomic mass is 10.2. The predicted molar refractivity (Wildman–Crippen MR) is 60.4 cm³/mol. The third kappa shape index (κ3) is 2.44. The molecule has 0 aromatic carbocycles. The highest BCUT2D eigenvalue weighted by Crippen LogP contribution is 2.10. The van der Waals surface area contributed by atoms with Crippen molar-refractivity contribution < 1.29 is 0 Å². The maximum absolute atomic E-state index is 5.79. The van der Waals surface area contributed by atoms with E-state index in [4.69, 9.17) is 5.73 Å². The zero-order chi connectivity index (χ0) is 10.7. The molecule has 15 heavy (non-hydrogen) atoms. The lowest BCUT2D eigenvalue weighted by Gasteiger charge is -2.02. The Hall–Kier alpha value is -1.61. The molecule has 2 N–H and O–H groups in total. The Morgan fingerprint density at radius 3 is 2.87 bits per heavy atom. The van der Waals surface area contributed by atoms with E-state index in [9.17, 15) is 0 Å². The van der Waals surface area contributed by atoms with Crippen molar-refractivity contribution in [3.8, 4) is 0 Å². The second-order valence-electron chi connectivity index (χ2n) is 3.73. The summed E-state index contributed by atoms with van der Waals surface area (Å²) in [6.07, 6.45) is 5.91. The molecule has 0 radical (unpaired) electrons. The molecular weight excluding hydrogens is 186 g/mol. The average molecular weight is 201 g/mol. The van der Waals surface area contributed by atoms with Crippen molar-refractivity contribution in [2.75, 3.05) is 0 Å². The van der Waals surface area contributed by atoms with E-state index < -0.39 is 0 Å². The van der Waals surface area contributed by atoms with Gasteiger partial charge in [0.15, 0.2) is 0 Å². The first-order chi connectivity index (χ1) is 7.25. The van der Waals surface area contributed by atoms with Gasteiger partial charge in [0.2, 0.25) is 0 Å². The summed E-state index contributed by atoms with van der Waals surface area (Å²) < 4.78 is 2.10. The predicted octanol–water partition coefficient (Wildman–Crippen LogP) is 1.95. The summed E-state index contributed by atoms with van der Waals surface area (Å²) in [5.41, 5.74) is 8.01. The minimum atomic E-state index is 0.0926. The summed E-state index contributed by atoms with van der Waals surface area (Å²) in [6, 6.07) is 8.08. The second-order valence-corrected chi connectivity index (χ2v) is 3.73. The van der Waals surface area contributed by atoms with Gasteiger partial charge < -0.3 is 10.3 Å². The number of aromatic nitrogens is 2. The van der Waals surface area contributed by atoms with Crippen LogP contribution < -0.4 is 5.73 Å². The highest BCUT2D eigenvalue weighted by atomic mass is 15.0. The normalized spacial score (nSPS) is 12.7. The molecule has 1 atom stereocenters. The molecular formula is C12H15N3. The Kier molecular flexibility index (Phi) is 2.83. The molecule has 0 aliphatic heterocycles. The third-order valence-electron chi connectivity index (χ3n) is 2.37. The number of pyridine rings is 1. The lowest BCUT2D eigenvalue weighted by Crippen LogP contribution is -2.04. The van der Waals surface area contributed by atoms with E-state index in [1.165, 1.54) is 0 Å². The van der Waals surface area contributed by atoms with Crippen LogP contribution >= 0.6 is 0 Å². The van der Waals surface area contributed by atoms with Crippen molar-refractivity contribution in [1.82, 2.24) is 9.55 Å². The topological polar surface area (TPSA) is 43.8 Å². The molecule has 0 fully saturated rings. The highest BCUT2D eigenvalue weighted by molar-refractivity contribution is 5.15. The van der Waals surface area contributed by atoms with Crippen molar-refractivity contribution in [1.29, 1.82) is 0 Å². The summed E-state index contributed by atoms with van der Waals surface area (Å²) in [7, 11) is 0. The summed E-state index contributed by atoms with van der Waals surface area (Å²) in [5, 5.41) is 0. The molecule has 2 rings (SSSR count). The van der Waals surface area contributed by atoms with Gasteiger partial charge in [0.05, 0.1) is 12.2 Å². The molecule has 0 saturated carbocycles. The summed E-state index contributed by atoms with van der Waals surface area (Å²) >= 11 is 0. The van der Waals surface area contributed by atoms with E-state index >= 15 is 0 Å². The first-order valence-corrected chi connectivity index (χ1v) is 5.07. The van der Waals surface area contributed by atoms with E-state index in [2.05, 4.69) is 15.7 Å². The molecule has 2 heterocycles. The number of hydrogen-bond donors (Lipinski definition) is 1. The van der Waals surface area contributed by atoms with Crippen LogP contribution in [0.3, 0.4) is 0 Å². The standard InChI is InChI=1S/C12H15N3/c1-10(13)11-5-7-15(8-11)9-12-4-2-3-6-14-12/h2-8,10H,9,13H2,1H3. The van der Waals surface area contributed by atoms with Gasteiger partial charge in [-0.1, -0.05) is 6.07 Å². The summed E-state index contributed by atoms with van der Waals surface area (Å²) in [4.78, 5) is 4.28. The van der Waals surface area contributed by atoms with Crippen LogP contribution in [0.4, 0.5) is 0 Å². The van der Waals surface area contributed by atoms with Gasteiger partial charge in [-0.2, -0.15) is 0 Å². The van der Waals surface area contributed by atoms with Crippen LogP contribution in [0, 0.1) is 0 Å². The fourth-order valence-electron chi connectivity index (χ4n) is 1.51. The smallest absolute Gasteiger partial charge is 0.0642 e. The van der Waals surface area contributed by atoms with E-state index in [1.54, 1.807) is 0 Å². The molecule has 0 bridgehead atoms. The van der Waals surface area contributed by atoms with Gasteiger partial charge in [0.1, 0.15) is 0 Å². The van der Waals surface area contributed by atoms with E-state index in [0.717, 1.165) is 17.8 Å². The van der Waals surface area contributed by atoms with Crippen molar-refractivity contribution in [3.05, 3.63) is 54.1 Å². The molecule has 0 aliphatic rings. The van der Waals surface area contributed by atoms with Crippen LogP contribution in [0.5, 0.6) is 0 Å². The van der Waals surface area contributed by atoms with Crippen LogP contribution in [-0.4, -0.2) is 9.55 Å². The fraction of sp³-hybridized carbons (Fsp3) is 0.250. The Balaban J connectivity index is 2.12. The van der Waals surface area contributed by atoms with Crippen LogP contribution in [0.15, 0.2) is 42.9 Å². The maximum Gasteiger partial charge on any atom is 0.0642 e. The molecule has 78 valence electrons. The molecule has 0 saturated heterocycles. The van der Waals surface area contributed by atoms with Crippen molar-refractivity contribution in [3.63, 3.8) is 0 Å². The monoisotopic (exact) mass is 201 g/mol. The Morgan fingerprint density at radius 1 is 1.40 bits per heavy atom. The molecule has 2 aromatic heterocycles. The van der Waals surface area contributed by atoms with Gasteiger partial charge in [-0.3, -0.25) is 4.98 Å². The SMILES string of the molecule is CC(N)c1ccn(Cc2ccccn2)c1. The first kappa shape index (κ1) is 9.93. The number of rotatable bonds is 3. The minimum Gasteiger partial charge on any atom is -0.348 e. The highest BCUT2D eigenvalue weighted by Gasteiger charge is 2.01. The summed E-state index contributed by atoms with van der Waals surface area (Å²) in [6.45, 7) is 2.79. The Morgan fingerprint density at radius 2 is 2.27 bits per heavy atom. The van der Waals surface area contributed by atoms with E-state index in [1.807, 2.05) is 43.6 Å². The minimum absolute atomic E-state index is 0.0926. The van der Waals surface area contributed by atoms with Crippen LogP contribution in [0.2, 0.25) is 0 Å². The van der Waals surface area contributed by atoms with Gasteiger partial charge in [-0.25, -0.2) is 0 Å². The number of nitrogens with zero attached hydrogens (tertiary/aromatic N) is 2. The lowest BCUT2D eigenvalue weighted by molar-refractivity contribution is 0.762. The summed E-state index contributed by atoms with van der Waals surface area (Å²) in [5.74, 6) is 0. The Labute approximate surface area is 89.6 Å². The van der Waals surface area contributed by atoms with E-state index in [-0.39, 0.29) is 6.04 Å². The number of hydrogen-bond acceptors (Lipinski definition) is 2. The van der Waals surface area contributed by atoms with Gasteiger partial charge in [-0.15, -0.1) is 0 Å². The largest absolute Gasteiger partial charge is 0.348 e. The number of nitrogens with two attached hydrogens (primary N) is 1. The van der Waals surface area contributed by atoms with Gasteiger partial charge in [0.25, 0.3) is 0 Å². The van der Waals surface area contributed by atoms with E-state index in [0.29, 0.717) is 0 Å². The van der Waals surface area contributed by atoms with Gasteiger partial charge >= 0.3 is 0 Å². The average Bonchev–Trinajstić information content (AvgIpc) is 2.68. The molecule has 0 spiro atoms. The molecule has 0 amide bonds. The quantitative estimate of drug-likeness (QED) is 0.824. The van der Waals surface area contributed by atoms with Crippen LogP contribution in [0.25, 0.3) is 0 Å². The zero-order valence-electron chi connectivity index (χ0n) is 8.80. The molecule has 3 nitrogen and oxygen atoms in total. The van der Waals surface area contributed by atoms with Crippen molar-refractivity contribution >= 4 is 0 Å². The fourth-order valence-corrected chi connectivity index (χ4v) is 1.51. The maximum atomic E-state index is 5.79. The molecule has 0 aliphatic carbocycles. The zero-order valence-corrected chi connectivity index (χ0v) is 8.80. The van der Waals surface area contributed by atoms with Gasteiger partial charge in [-0.05, 0) is 30.7 Å². The molecule has 1 unspecified atom stereocenters. The van der Waals surface area contributed by atoms with Crippen LogP contribution in [0.1, 0.15) is 24.2 Å². The second kappa shape index (κ2) is 4.28. The molecule has 2 aromatic rings. The van der Waals surface area contributed by atoms with Crippen molar-refractivity contribution in [2.24, 2.45) is 5.73 Å². The molecule has 3 heteroatoms. The Bertz CT molecular complexity index is 417. The third-order valence-corrected chi connectivity index (χ3v) is 2.37. The van der Waals surface area contributed by atoms with Gasteiger partial charge in [0, 0.05) is 24.6 Å².